The van der Waals surface area contributed by atoms with Crippen LogP contribution in [0.1, 0.15) is 38.1 Å². The Labute approximate surface area is 179 Å². The Morgan fingerprint density at radius 3 is 2.90 bits per heavy atom. The van der Waals surface area contributed by atoms with Crippen molar-refractivity contribution in [1.29, 1.82) is 5.26 Å². The molecule has 3 aromatic heterocycles. The molecular formula is C22H29N6OSi. The van der Waals surface area contributed by atoms with Gasteiger partial charge in [0.2, 0.25) is 0 Å². The molecule has 0 saturated heterocycles. The van der Waals surface area contributed by atoms with Gasteiger partial charge in [0.05, 0.1) is 30.4 Å². The first-order valence-electron chi connectivity index (χ1n) is 10.8. The van der Waals surface area contributed by atoms with Gasteiger partial charge in [-0.3, -0.25) is 4.68 Å². The molecule has 3 aromatic rings. The second-order valence-corrected chi connectivity index (χ2v) is 11.3. The summed E-state index contributed by atoms with van der Waals surface area (Å²) in [5.41, 5.74) is 2.71. The molecule has 8 heteroatoms. The van der Waals surface area contributed by atoms with Gasteiger partial charge < -0.3 is 9.30 Å². The summed E-state index contributed by atoms with van der Waals surface area (Å²) in [6, 6.07) is 5.69. The van der Waals surface area contributed by atoms with E-state index in [1.54, 1.807) is 6.33 Å². The summed E-state index contributed by atoms with van der Waals surface area (Å²) in [7, 11) is -0.264. The molecule has 1 radical (unpaired) electrons. The van der Waals surface area contributed by atoms with Crippen LogP contribution in [0.3, 0.4) is 0 Å². The van der Waals surface area contributed by atoms with E-state index in [1.165, 1.54) is 25.7 Å². The average molecular weight is 422 g/mol. The molecule has 4 rings (SSSR count). The van der Waals surface area contributed by atoms with Crippen molar-refractivity contribution in [2.24, 2.45) is 5.92 Å². The summed E-state index contributed by atoms with van der Waals surface area (Å²) >= 11 is 0. The Morgan fingerprint density at radius 1 is 1.30 bits per heavy atom. The van der Waals surface area contributed by atoms with Crippen molar-refractivity contribution in [3.63, 3.8) is 0 Å². The zero-order chi connectivity index (χ0) is 20.9. The Bertz CT molecular complexity index is 1010. The number of hydrogen-bond donors (Lipinski definition) is 0. The van der Waals surface area contributed by atoms with Gasteiger partial charge in [-0.05, 0) is 30.9 Å². The SMILES string of the molecule is C[Si](C)CCOCn1ccc2c(-c3cnn([C@H](CC#N)C4CCCC4)c3)ncnc21. The molecule has 1 atom stereocenters. The lowest BCUT2D eigenvalue weighted by molar-refractivity contribution is 0.0902. The maximum Gasteiger partial charge on any atom is 0.145 e. The molecule has 0 amide bonds. The van der Waals surface area contributed by atoms with Gasteiger partial charge in [0.1, 0.15) is 18.7 Å². The minimum atomic E-state index is -0.264. The number of rotatable bonds is 9. The molecule has 0 bridgehead atoms. The predicted molar refractivity (Wildman–Crippen MR) is 118 cm³/mol. The molecule has 0 aromatic carbocycles. The van der Waals surface area contributed by atoms with Gasteiger partial charge in [0, 0.05) is 38.7 Å². The molecule has 1 aliphatic rings. The Balaban J connectivity index is 1.56. The van der Waals surface area contributed by atoms with Crippen LogP contribution in [-0.2, 0) is 11.5 Å². The second kappa shape index (κ2) is 9.54. The number of nitriles is 1. The van der Waals surface area contributed by atoms with Crippen LogP contribution in [0.15, 0.2) is 31.0 Å². The highest BCUT2D eigenvalue weighted by molar-refractivity contribution is 6.55. The molecular weight excluding hydrogens is 392 g/mol. The van der Waals surface area contributed by atoms with Gasteiger partial charge in [0.25, 0.3) is 0 Å². The lowest BCUT2D eigenvalue weighted by atomic mass is 9.96. The maximum atomic E-state index is 9.32. The van der Waals surface area contributed by atoms with Crippen LogP contribution in [0.25, 0.3) is 22.3 Å². The molecule has 1 fully saturated rings. The highest BCUT2D eigenvalue weighted by Crippen LogP contribution is 2.36. The number of nitrogens with zero attached hydrogens (tertiary/aromatic N) is 6. The third-order valence-corrected chi connectivity index (χ3v) is 7.20. The van der Waals surface area contributed by atoms with Gasteiger partial charge in [0.15, 0.2) is 0 Å². The van der Waals surface area contributed by atoms with Gasteiger partial charge >= 0.3 is 0 Å². The van der Waals surface area contributed by atoms with E-state index >= 15 is 0 Å². The van der Waals surface area contributed by atoms with E-state index in [0.717, 1.165) is 34.9 Å². The van der Waals surface area contributed by atoms with E-state index in [-0.39, 0.29) is 14.8 Å². The van der Waals surface area contributed by atoms with Crippen LogP contribution in [0, 0.1) is 17.2 Å². The summed E-state index contributed by atoms with van der Waals surface area (Å²) in [5, 5.41) is 14.9. The third-order valence-electron chi connectivity index (χ3n) is 5.99. The average Bonchev–Trinajstić information content (AvgIpc) is 3.50. The predicted octanol–water partition coefficient (Wildman–Crippen LogP) is 4.67. The van der Waals surface area contributed by atoms with E-state index in [2.05, 4.69) is 34.2 Å². The van der Waals surface area contributed by atoms with Crippen molar-refractivity contribution in [3.8, 4) is 17.3 Å². The van der Waals surface area contributed by atoms with Crippen molar-refractivity contribution >= 4 is 19.8 Å². The molecule has 0 unspecified atom stereocenters. The molecule has 7 nitrogen and oxygen atoms in total. The minimum Gasteiger partial charge on any atom is -0.361 e. The Hall–Kier alpha value is -2.50. The normalized spacial score (nSPS) is 15.8. The van der Waals surface area contributed by atoms with E-state index in [9.17, 15) is 5.26 Å². The van der Waals surface area contributed by atoms with Crippen LogP contribution < -0.4 is 0 Å². The molecule has 157 valence electrons. The fourth-order valence-electron chi connectivity index (χ4n) is 4.33. The van der Waals surface area contributed by atoms with Crippen LogP contribution >= 0.6 is 0 Å². The van der Waals surface area contributed by atoms with Crippen LogP contribution in [0.5, 0.6) is 0 Å². The van der Waals surface area contributed by atoms with Gasteiger partial charge in [-0.15, -0.1) is 0 Å². The van der Waals surface area contributed by atoms with E-state index in [0.29, 0.717) is 19.1 Å². The monoisotopic (exact) mass is 421 g/mol. The number of ether oxygens (including phenoxy) is 1. The standard InChI is InChI=1S/C22H29N6OSi/c1-30(2)12-11-29-16-27-10-8-19-21(24-15-25-22(19)27)18-13-26-28(14-18)20(7-9-23)17-5-3-4-6-17/h8,10,13-15,17,20H,3-7,11-12,16H2,1-2H3/t20-/m1/s1. The van der Waals surface area contributed by atoms with Crippen molar-refractivity contribution < 1.29 is 4.74 Å². The Kier molecular flexibility index (Phi) is 6.60. The molecule has 30 heavy (non-hydrogen) atoms. The minimum absolute atomic E-state index is 0.144. The van der Waals surface area contributed by atoms with E-state index in [4.69, 9.17) is 4.74 Å². The summed E-state index contributed by atoms with van der Waals surface area (Å²) in [6.45, 7) is 5.88. The topological polar surface area (TPSA) is 81.5 Å². The van der Waals surface area contributed by atoms with E-state index in [1.807, 2.05) is 33.9 Å². The lowest BCUT2D eigenvalue weighted by Gasteiger charge is -2.21. The van der Waals surface area contributed by atoms with Gasteiger partial charge in [-0.25, -0.2) is 9.97 Å². The van der Waals surface area contributed by atoms with Crippen molar-refractivity contribution in [2.75, 3.05) is 6.61 Å². The van der Waals surface area contributed by atoms with Gasteiger partial charge in [-0.1, -0.05) is 25.9 Å². The first-order chi connectivity index (χ1) is 14.7. The smallest absolute Gasteiger partial charge is 0.145 e. The Morgan fingerprint density at radius 2 is 2.13 bits per heavy atom. The van der Waals surface area contributed by atoms with Crippen molar-refractivity contribution in [1.82, 2.24) is 24.3 Å². The first kappa shape index (κ1) is 20.8. The van der Waals surface area contributed by atoms with Crippen molar-refractivity contribution in [2.45, 2.75) is 64.0 Å². The lowest BCUT2D eigenvalue weighted by Crippen LogP contribution is -2.17. The van der Waals surface area contributed by atoms with Crippen LogP contribution in [-0.4, -0.2) is 39.7 Å². The highest BCUT2D eigenvalue weighted by atomic mass is 28.3. The molecule has 1 aliphatic carbocycles. The molecule has 0 N–H and O–H groups in total. The molecule has 3 heterocycles. The largest absolute Gasteiger partial charge is 0.361 e. The summed E-state index contributed by atoms with van der Waals surface area (Å²) in [4.78, 5) is 9.03. The molecule has 0 aliphatic heterocycles. The fraction of sp³-hybridized carbons (Fsp3) is 0.545. The number of aromatic nitrogens is 5. The number of hydrogen-bond acceptors (Lipinski definition) is 5. The molecule has 0 spiro atoms. The fourth-order valence-corrected chi connectivity index (χ4v) is 4.88. The number of fused-ring (bicyclic) bond motifs is 1. The van der Waals surface area contributed by atoms with Crippen LogP contribution in [0.2, 0.25) is 19.1 Å². The first-order valence-corrected chi connectivity index (χ1v) is 13.5. The summed E-state index contributed by atoms with van der Waals surface area (Å²) < 4.78 is 9.85. The third kappa shape index (κ3) is 4.47. The second-order valence-electron chi connectivity index (χ2n) is 8.42. The van der Waals surface area contributed by atoms with E-state index < -0.39 is 0 Å². The molecule has 1 saturated carbocycles. The summed E-state index contributed by atoms with van der Waals surface area (Å²) in [6.07, 6.45) is 12.9. The maximum absolute atomic E-state index is 9.32. The summed E-state index contributed by atoms with van der Waals surface area (Å²) in [5.74, 6) is 0.536. The zero-order valence-electron chi connectivity index (χ0n) is 17.8. The van der Waals surface area contributed by atoms with Crippen LogP contribution in [0.4, 0.5) is 0 Å². The highest BCUT2D eigenvalue weighted by Gasteiger charge is 2.27. The zero-order valence-corrected chi connectivity index (χ0v) is 18.8. The quantitative estimate of drug-likeness (QED) is 0.370. The van der Waals surface area contributed by atoms with Crippen molar-refractivity contribution in [3.05, 3.63) is 31.0 Å². The van der Waals surface area contributed by atoms with Gasteiger partial charge in [-0.2, -0.15) is 10.4 Å².